The monoisotopic (exact) mass is 524 g/mol. The number of benzene rings is 2. The maximum absolute atomic E-state index is 13.8. The molecule has 1 heterocycles. The first kappa shape index (κ1) is 25.5. The van der Waals surface area contributed by atoms with Gasteiger partial charge in [-0.3, -0.25) is 4.79 Å². The molecule has 0 saturated carbocycles. The molecule has 1 fully saturated rings. The molecule has 1 aliphatic carbocycles. The highest BCUT2D eigenvalue weighted by Crippen LogP contribution is 2.42. The number of carbonyl (C=O) groups is 1. The minimum absolute atomic E-state index is 0.0677. The molecule has 0 bridgehead atoms. The Bertz CT molecular complexity index is 1160. The van der Waals surface area contributed by atoms with Gasteiger partial charge in [-0.25, -0.2) is 12.7 Å². The van der Waals surface area contributed by atoms with Crippen LogP contribution < -0.4 is 5.32 Å². The highest BCUT2D eigenvalue weighted by atomic mass is 35.5. The third kappa shape index (κ3) is 5.14. The van der Waals surface area contributed by atoms with Crippen LogP contribution in [0, 0.1) is 17.8 Å². The number of nitrogens with one attached hydrogen (secondary N) is 1. The van der Waals surface area contributed by atoms with E-state index in [-0.39, 0.29) is 28.1 Å². The highest BCUT2D eigenvalue weighted by molar-refractivity contribution is 7.89. The van der Waals surface area contributed by atoms with Gasteiger partial charge in [-0.05, 0) is 72.4 Å². The molecular formula is C25H30Cl2N2O4S. The highest BCUT2D eigenvalue weighted by Gasteiger charge is 2.41. The fourth-order valence-electron chi connectivity index (χ4n) is 5.31. The molecule has 2 aromatic rings. The number of aliphatic hydroxyl groups excluding tert-OH is 1. The summed E-state index contributed by atoms with van der Waals surface area (Å²) in [5.74, 6) is -0.00518. The van der Waals surface area contributed by atoms with Crippen LogP contribution in [0.4, 0.5) is 5.69 Å². The van der Waals surface area contributed by atoms with Crippen molar-refractivity contribution >= 4 is 44.8 Å². The molecule has 1 saturated heterocycles. The molecule has 0 aromatic heterocycles. The van der Waals surface area contributed by atoms with E-state index in [1.54, 1.807) is 34.6 Å². The van der Waals surface area contributed by atoms with Gasteiger partial charge >= 0.3 is 0 Å². The third-order valence-electron chi connectivity index (χ3n) is 6.81. The third-order valence-corrected chi connectivity index (χ3v) is 9.62. The van der Waals surface area contributed by atoms with Crippen molar-refractivity contribution in [3.63, 3.8) is 0 Å². The van der Waals surface area contributed by atoms with Crippen molar-refractivity contribution < 1.29 is 18.3 Å². The second-order valence-electron chi connectivity index (χ2n) is 9.75. The average molecular weight is 525 g/mol. The van der Waals surface area contributed by atoms with Crippen LogP contribution in [-0.4, -0.2) is 43.4 Å². The second-order valence-corrected chi connectivity index (χ2v) is 12.7. The number of rotatable bonds is 5. The van der Waals surface area contributed by atoms with Gasteiger partial charge in [-0.1, -0.05) is 49.2 Å². The van der Waals surface area contributed by atoms with E-state index < -0.39 is 21.2 Å². The summed E-state index contributed by atoms with van der Waals surface area (Å²) in [6, 6.07) is 10.2. The van der Waals surface area contributed by atoms with E-state index in [4.69, 9.17) is 23.2 Å². The maximum atomic E-state index is 13.8. The summed E-state index contributed by atoms with van der Waals surface area (Å²) < 4.78 is 29.3. The summed E-state index contributed by atoms with van der Waals surface area (Å²) in [7, 11) is -3.65. The van der Waals surface area contributed by atoms with Gasteiger partial charge in [0.1, 0.15) is 5.25 Å². The van der Waals surface area contributed by atoms with Gasteiger partial charge in [-0.15, -0.1) is 0 Å². The first-order valence-corrected chi connectivity index (χ1v) is 13.8. The van der Waals surface area contributed by atoms with Gasteiger partial charge in [0.2, 0.25) is 10.0 Å². The molecule has 4 unspecified atom stereocenters. The van der Waals surface area contributed by atoms with Crippen molar-refractivity contribution in [1.29, 1.82) is 0 Å². The lowest BCUT2D eigenvalue weighted by Gasteiger charge is -2.39. The van der Waals surface area contributed by atoms with Crippen molar-refractivity contribution in [1.82, 2.24) is 4.31 Å². The molecule has 34 heavy (non-hydrogen) atoms. The largest absolute Gasteiger partial charge is 0.396 e. The predicted octanol–water partition coefficient (Wildman–Crippen LogP) is 5.15. The van der Waals surface area contributed by atoms with Gasteiger partial charge in [0.05, 0.1) is 15.6 Å². The summed E-state index contributed by atoms with van der Waals surface area (Å²) >= 11 is 12.4. The van der Waals surface area contributed by atoms with E-state index in [2.05, 4.69) is 19.2 Å². The lowest BCUT2D eigenvalue weighted by atomic mass is 9.83. The van der Waals surface area contributed by atoms with Crippen molar-refractivity contribution in [2.24, 2.45) is 17.8 Å². The Kier molecular flexibility index (Phi) is 7.60. The predicted molar refractivity (Wildman–Crippen MR) is 136 cm³/mol. The zero-order valence-corrected chi connectivity index (χ0v) is 21.6. The number of fused-ring (bicyclic) bond motifs is 1. The van der Waals surface area contributed by atoms with Crippen LogP contribution in [0.2, 0.25) is 10.0 Å². The van der Waals surface area contributed by atoms with E-state index in [1.807, 2.05) is 6.07 Å². The van der Waals surface area contributed by atoms with Gasteiger partial charge < -0.3 is 10.4 Å². The van der Waals surface area contributed by atoms with Crippen LogP contribution >= 0.6 is 23.2 Å². The Morgan fingerprint density at radius 1 is 1.09 bits per heavy atom. The van der Waals surface area contributed by atoms with E-state index in [1.165, 1.54) is 0 Å². The lowest BCUT2D eigenvalue weighted by Crippen LogP contribution is -2.45. The van der Waals surface area contributed by atoms with Crippen LogP contribution in [0.1, 0.15) is 53.4 Å². The number of piperidine rings is 1. The van der Waals surface area contributed by atoms with Crippen molar-refractivity contribution in [2.75, 3.05) is 25.0 Å². The molecule has 1 amide bonds. The molecule has 0 spiro atoms. The Morgan fingerprint density at radius 3 is 2.35 bits per heavy atom. The normalized spacial score (nSPS) is 25.6. The number of hydrogen-bond acceptors (Lipinski definition) is 4. The van der Waals surface area contributed by atoms with Crippen molar-refractivity contribution in [3.8, 4) is 0 Å². The van der Waals surface area contributed by atoms with Crippen LogP contribution in [0.5, 0.6) is 0 Å². The SMILES string of the molecule is CC1CC(C)CN(S(=O)(=O)C2CC(CO)Cc3ccc(NC(=O)c4c(Cl)cccc4Cl)cc32)C1. The van der Waals surface area contributed by atoms with Crippen LogP contribution in [0.25, 0.3) is 0 Å². The van der Waals surface area contributed by atoms with Crippen molar-refractivity contribution in [3.05, 3.63) is 63.1 Å². The number of nitrogens with zero attached hydrogens (tertiary/aromatic N) is 1. The molecule has 0 radical (unpaired) electrons. The first-order valence-electron chi connectivity index (χ1n) is 11.6. The van der Waals surface area contributed by atoms with E-state index >= 15 is 0 Å². The minimum atomic E-state index is -3.65. The van der Waals surface area contributed by atoms with Gasteiger partial charge in [0.15, 0.2) is 0 Å². The molecular weight excluding hydrogens is 495 g/mol. The zero-order chi connectivity index (χ0) is 24.6. The summed E-state index contributed by atoms with van der Waals surface area (Å²) in [6.07, 6.45) is 1.95. The van der Waals surface area contributed by atoms with Crippen LogP contribution in [0.3, 0.4) is 0 Å². The van der Waals surface area contributed by atoms with E-state index in [9.17, 15) is 18.3 Å². The van der Waals surface area contributed by atoms with Crippen molar-refractivity contribution in [2.45, 2.75) is 38.4 Å². The Morgan fingerprint density at radius 2 is 1.74 bits per heavy atom. The Hall–Kier alpha value is -1.64. The number of aliphatic hydroxyl groups is 1. The van der Waals surface area contributed by atoms with Crippen LogP contribution in [-0.2, 0) is 16.4 Å². The maximum Gasteiger partial charge on any atom is 0.258 e. The Balaban J connectivity index is 1.68. The smallest absolute Gasteiger partial charge is 0.258 e. The number of halogens is 2. The molecule has 2 aliphatic rings. The standard InChI is InChI=1S/C25H30Cl2N2O4S/c1-15-8-16(2)13-29(12-15)34(32,33)23-10-17(14-30)9-18-6-7-19(11-20(18)23)28-25(31)24-21(26)4-3-5-22(24)27/h3-7,11,15-17,23,30H,8-10,12-14H2,1-2H3,(H,28,31). The molecule has 1 aliphatic heterocycles. The number of carbonyl (C=O) groups excluding carboxylic acids is 1. The lowest BCUT2D eigenvalue weighted by molar-refractivity contribution is 0.102. The summed E-state index contributed by atoms with van der Waals surface area (Å²) in [6.45, 7) is 5.10. The van der Waals surface area contributed by atoms with Crippen LogP contribution in [0.15, 0.2) is 36.4 Å². The summed E-state index contributed by atoms with van der Waals surface area (Å²) in [5.41, 5.74) is 2.21. The summed E-state index contributed by atoms with van der Waals surface area (Å²) in [5, 5.41) is 12.4. The number of amides is 1. The van der Waals surface area contributed by atoms with Gasteiger partial charge in [0.25, 0.3) is 5.91 Å². The van der Waals surface area contributed by atoms with E-state index in [0.717, 1.165) is 12.0 Å². The molecule has 2 aromatic carbocycles. The number of anilines is 1. The van der Waals surface area contributed by atoms with E-state index in [0.29, 0.717) is 49.0 Å². The molecule has 4 atom stereocenters. The Labute approximate surface area is 211 Å². The van der Waals surface area contributed by atoms with Gasteiger partial charge in [-0.2, -0.15) is 0 Å². The fourth-order valence-corrected chi connectivity index (χ4v) is 8.21. The molecule has 184 valence electrons. The molecule has 2 N–H and O–H groups in total. The zero-order valence-electron chi connectivity index (χ0n) is 19.3. The quantitative estimate of drug-likeness (QED) is 0.566. The minimum Gasteiger partial charge on any atom is -0.396 e. The average Bonchev–Trinajstić information content (AvgIpc) is 2.77. The molecule has 4 rings (SSSR count). The number of hydrogen-bond donors (Lipinski definition) is 2. The molecule has 9 heteroatoms. The molecule has 6 nitrogen and oxygen atoms in total. The topological polar surface area (TPSA) is 86.7 Å². The summed E-state index contributed by atoms with van der Waals surface area (Å²) in [4.78, 5) is 12.9. The number of sulfonamides is 1. The fraction of sp³-hybridized carbons (Fsp3) is 0.480. The van der Waals surface area contributed by atoms with Gasteiger partial charge in [0, 0.05) is 25.4 Å². The first-order chi connectivity index (χ1) is 16.1. The second kappa shape index (κ2) is 10.2.